The third-order valence-electron chi connectivity index (χ3n) is 4.60. The van der Waals surface area contributed by atoms with Gasteiger partial charge in [0.05, 0.1) is 17.2 Å². The first-order chi connectivity index (χ1) is 12.9. The summed E-state index contributed by atoms with van der Waals surface area (Å²) in [7, 11) is 0. The fourth-order valence-corrected chi connectivity index (χ4v) is 3.40. The second kappa shape index (κ2) is 8.13. The van der Waals surface area contributed by atoms with Gasteiger partial charge in [0.1, 0.15) is 23.5 Å². The zero-order chi connectivity index (χ0) is 21.3. The molecule has 28 heavy (non-hydrogen) atoms. The Labute approximate surface area is 166 Å². The van der Waals surface area contributed by atoms with E-state index in [2.05, 4.69) is 9.88 Å². The molecule has 10 heteroatoms. The Kier molecular flexibility index (Phi) is 6.46. The van der Waals surface area contributed by atoms with Gasteiger partial charge in [0.25, 0.3) is 0 Å². The highest BCUT2D eigenvalue weighted by atomic mass is 35.5. The molecule has 1 saturated heterocycles. The van der Waals surface area contributed by atoms with Gasteiger partial charge in [-0.15, -0.1) is 0 Å². The number of nitriles is 1. The lowest BCUT2D eigenvalue weighted by atomic mass is 10.0. The molecular formula is C18H22ClF3N4O2. The first-order valence-corrected chi connectivity index (χ1v) is 9.05. The second-order valence-corrected chi connectivity index (χ2v) is 7.94. The maximum absolute atomic E-state index is 13.1. The van der Waals surface area contributed by atoms with Gasteiger partial charge in [-0.25, -0.2) is 4.98 Å². The number of esters is 1. The third kappa shape index (κ3) is 4.86. The molecule has 0 radical (unpaired) electrons. The Morgan fingerprint density at radius 3 is 2.54 bits per heavy atom. The Morgan fingerprint density at radius 1 is 1.39 bits per heavy atom. The summed E-state index contributed by atoms with van der Waals surface area (Å²) in [5.74, 6) is -0.381. The molecule has 154 valence electrons. The molecule has 0 spiro atoms. The van der Waals surface area contributed by atoms with Gasteiger partial charge in [-0.1, -0.05) is 11.6 Å². The summed E-state index contributed by atoms with van der Waals surface area (Å²) in [5, 5.41) is 8.87. The van der Waals surface area contributed by atoms with E-state index in [1.165, 1.54) is 13.0 Å². The molecule has 1 aromatic rings. The highest BCUT2D eigenvalue weighted by Crippen LogP contribution is 2.38. The largest absolute Gasteiger partial charge is 0.464 e. The first-order valence-electron chi connectivity index (χ1n) is 8.67. The summed E-state index contributed by atoms with van der Waals surface area (Å²) in [6, 6.07) is 1.16. The number of anilines is 1. The van der Waals surface area contributed by atoms with E-state index < -0.39 is 23.3 Å². The molecule has 0 aliphatic carbocycles. The van der Waals surface area contributed by atoms with E-state index in [4.69, 9.17) is 16.3 Å². The van der Waals surface area contributed by atoms with Gasteiger partial charge in [-0.3, -0.25) is 9.69 Å². The summed E-state index contributed by atoms with van der Waals surface area (Å²) in [6.45, 7) is 8.97. The molecule has 2 rings (SSSR count). The summed E-state index contributed by atoms with van der Waals surface area (Å²) < 4.78 is 44.5. The number of alkyl halides is 3. The predicted molar refractivity (Wildman–Crippen MR) is 98.1 cm³/mol. The first kappa shape index (κ1) is 22.2. The average Bonchev–Trinajstić information content (AvgIpc) is 2.57. The average molecular weight is 419 g/mol. The van der Waals surface area contributed by atoms with Crippen LogP contribution in [0.5, 0.6) is 0 Å². The van der Waals surface area contributed by atoms with Crippen LogP contribution >= 0.6 is 11.6 Å². The van der Waals surface area contributed by atoms with Gasteiger partial charge >= 0.3 is 12.1 Å². The molecule has 1 aliphatic rings. The van der Waals surface area contributed by atoms with Crippen molar-refractivity contribution in [2.24, 2.45) is 0 Å². The molecule has 0 N–H and O–H groups in total. The Balaban J connectivity index is 2.43. The van der Waals surface area contributed by atoms with Crippen molar-refractivity contribution >= 4 is 23.4 Å². The lowest BCUT2D eigenvalue weighted by molar-refractivity contribution is -0.142. The minimum atomic E-state index is -4.73. The summed E-state index contributed by atoms with van der Waals surface area (Å²) in [6.07, 6.45) is -4.11. The van der Waals surface area contributed by atoms with Crippen LogP contribution in [-0.2, 0) is 15.7 Å². The van der Waals surface area contributed by atoms with Crippen molar-refractivity contribution in [1.82, 2.24) is 9.88 Å². The van der Waals surface area contributed by atoms with E-state index >= 15 is 0 Å². The summed E-state index contributed by atoms with van der Waals surface area (Å²) in [5.41, 5.74) is -1.98. The van der Waals surface area contributed by atoms with Crippen LogP contribution in [0.4, 0.5) is 19.0 Å². The Bertz CT molecular complexity index is 787. The fourth-order valence-electron chi connectivity index (χ4n) is 3.10. The van der Waals surface area contributed by atoms with E-state index in [0.717, 1.165) is 0 Å². The molecule has 0 unspecified atom stereocenters. The van der Waals surface area contributed by atoms with E-state index in [1.807, 2.05) is 20.8 Å². The van der Waals surface area contributed by atoms with E-state index in [-0.39, 0.29) is 29.0 Å². The van der Waals surface area contributed by atoms with Gasteiger partial charge in [0.2, 0.25) is 0 Å². The predicted octanol–water partition coefficient (Wildman–Crippen LogP) is 3.48. The van der Waals surface area contributed by atoms with Crippen LogP contribution in [0, 0.1) is 11.3 Å². The van der Waals surface area contributed by atoms with Crippen molar-refractivity contribution in [3.8, 4) is 6.07 Å². The van der Waals surface area contributed by atoms with Crippen molar-refractivity contribution in [1.29, 1.82) is 5.26 Å². The van der Waals surface area contributed by atoms with Gasteiger partial charge < -0.3 is 9.64 Å². The van der Waals surface area contributed by atoms with Crippen LogP contribution in [0.2, 0.25) is 5.02 Å². The van der Waals surface area contributed by atoms with Gasteiger partial charge in [-0.05, 0) is 20.8 Å². The van der Waals surface area contributed by atoms with Crippen molar-refractivity contribution in [2.75, 3.05) is 31.1 Å². The zero-order valence-electron chi connectivity index (χ0n) is 16.1. The molecular weight excluding hydrogens is 397 g/mol. The van der Waals surface area contributed by atoms with E-state index in [0.29, 0.717) is 25.8 Å². The number of nitrogens with zero attached hydrogens (tertiary/aromatic N) is 4. The number of rotatable bonds is 3. The van der Waals surface area contributed by atoms with Crippen molar-refractivity contribution < 1.29 is 22.7 Å². The van der Waals surface area contributed by atoms with Crippen LogP contribution in [0.25, 0.3) is 0 Å². The molecule has 1 fully saturated rings. The van der Waals surface area contributed by atoms with Gasteiger partial charge in [-0.2, -0.15) is 18.4 Å². The smallest absolute Gasteiger partial charge is 0.419 e. The van der Waals surface area contributed by atoms with Crippen LogP contribution in [0.3, 0.4) is 0 Å². The Morgan fingerprint density at radius 2 is 2.04 bits per heavy atom. The quantitative estimate of drug-likeness (QED) is 0.700. The zero-order valence-corrected chi connectivity index (χ0v) is 16.9. The van der Waals surface area contributed by atoms with Crippen LogP contribution in [0.15, 0.2) is 6.20 Å². The normalized spacial score (nSPS) is 18.7. The Hall–Kier alpha value is -2.05. The highest BCUT2D eigenvalue weighted by Gasteiger charge is 2.39. The highest BCUT2D eigenvalue weighted by molar-refractivity contribution is 6.34. The van der Waals surface area contributed by atoms with E-state index in [9.17, 15) is 23.2 Å². The van der Waals surface area contributed by atoms with Crippen LogP contribution < -0.4 is 4.90 Å². The molecule has 0 aromatic carbocycles. The monoisotopic (exact) mass is 418 g/mol. The molecule has 6 nitrogen and oxygen atoms in total. The molecule has 1 atom stereocenters. The number of pyridine rings is 1. The molecule has 2 heterocycles. The van der Waals surface area contributed by atoms with Crippen molar-refractivity contribution in [3.63, 3.8) is 0 Å². The number of halogens is 4. The maximum Gasteiger partial charge on any atom is 0.419 e. The SMILES string of the molecule is CC(=O)OC[C@H]1CN(C(C)(C)C)CCN1c1ncc(C(F)(F)F)c(C#N)c1Cl. The van der Waals surface area contributed by atoms with Crippen molar-refractivity contribution in [2.45, 2.75) is 45.5 Å². The number of ether oxygens (including phenoxy) is 1. The number of aromatic nitrogens is 1. The number of hydrogen-bond donors (Lipinski definition) is 0. The minimum absolute atomic E-state index is 0.0306. The third-order valence-corrected chi connectivity index (χ3v) is 4.96. The second-order valence-electron chi connectivity index (χ2n) is 7.56. The standard InChI is InChI=1S/C18H22ClF3N4O2/c1-11(27)28-10-12-9-25(17(2,3)4)5-6-26(12)16-15(19)13(7-23)14(8-24-16)18(20,21)22/h8,12H,5-6,9-10H2,1-4H3/t12-/m1/s1. The molecule has 1 aliphatic heterocycles. The van der Waals surface area contributed by atoms with Gasteiger partial charge in [0.15, 0.2) is 0 Å². The fraction of sp³-hybridized carbons (Fsp3) is 0.611. The number of carbonyl (C=O) groups is 1. The number of piperazine rings is 1. The lowest BCUT2D eigenvalue weighted by Crippen LogP contribution is -2.60. The summed E-state index contributed by atoms with van der Waals surface area (Å²) in [4.78, 5) is 19.1. The van der Waals surface area contributed by atoms with Crippen molar-refractivity contribution in [3.05, 3.63) is 22.3 Å². The lowest BCUT2D eigenvalue weighted by Gasteiger charge is -2.47. The van der Waals surface area contributed by atoms with Gasteiger partial charge in [0, 0.05) is 38.3 Å². The molecule has 1 aromatic heterocycles. The van der Waals surface area contributed by atoms with Crippen LogP contribution in [-0.4, -0.2) is 53.7 Å². The molecule has 0 bridgehead atoms. The molecule has 0 amide bonds. The molecule has 0 saturated carbocycles. The maximum atomic E-state index is 13.1. The van der Waals surface area contributed by atoms with Crippen LogP contribution in [0.1, 0.15) is 38.8 Å². The summed E-state index contributed by atoms with van der Waals surface area (Å²) >= 11 is 6.16. The topological polar surface area (TPSA) is 69.5 Å². The minimum Gasteiger partial charge on any atom is -0.464 e. The van der Waals surface area contributed by atoms with E-state index in [1.54, 1.807) is 4.90 Å². The number of carbonyl (C=O) groups excluding carboxylic acids is 1. The number of hydrogen-bond acceptors (Lipinski definition) is 6.